The summed E-state index contributed by atoms with van der Waals surface area (Å²) in [5.41, 5.74) is 7.31. The highest BCUT2D eigenvalue weighted by Gasteiger charge is 2.18. The molecule has 0 unspecified atom stereocenters. The first-order chi connectivity index (χ1) is 10.3. The molecule has 0 amide bonds. The standard InChI is InChI=1S/C16H15FO2.CH5N/c1-18-15-8-7-12(17)10-14(15)13-6-2-4-11-5-3-9-19-16(11)13;1-2/h2,4,6-8,10H,3,5,9H2,1H3;2H2,1H3. The zero-order chi connectivity index (χ0) is 15.2. The van der Waals surface area contributed by atoms with E-state index in [-0.39, 0.29) is 5.82 Å². The number of methoxy groups -OCH3 is 1. The molecule has 0 aromatic heterocycles. The number of halogens is 1. The maximum Gasteiger partial charge on any atom is 0.130 e. The quantitative estimate of drug-likeness (QED) is 0.921. The minimum atomic E-state index is -0.274. The van der Waals surface area contributed by atoms with E-state index < -0.39 is 0 Å². The number of nitrogens with two attached hydrogens (primary N) is 1. The van der Waals surface area contributed by atoms with Crippen LogP contribution in [0.5, 0.6) is 11.5 Å². The van der Waals surface area contributed by atoms with Crippen molar-refractivity contribution >= 4 is 0 Å². The van der Waals surface area contributed by atoms with E-state index in [0.717, 1.165) is 29.7 Å². The Kier molecular flexibility index (Phi) is 5.17. The van der Waals surface area contributed by atoms with Gasteiger partial charge in [0.25, 0.3) is 0 Å². The van der Waals surface area contributed by atoms with Crippen LogP contribution in [-0.4, -0.2) is 20.8 Å². The number of hydrogen-bond donors (Lipinski definition) is 1. The van der Waals surface area contributed by atoms with Gasteiger partial charge in [-0.25, -0.2) is 4.39 Å². The second kappa shape index (κ2) is 7.09. The van der Waals surface area contributed by atoms with Crippen molar-refractivity contribution in [1.82, 2.24) is 0 Å². The van der Waals surface area contributed by atoms with Crippen LogP contribution in [0, 0.1) is 5.82 Å². The Labute approximate surface area is 124 Å². The van der Waals surface area contributed by atoms with Crippen molar-refractivity contribution in [2.75, 3.05) is 20.8 Å². The molecule has 0 spiro atoms. The Bertz CT molecular complexity index is 614. The molecule has 1 aliphatic heterocycles. The molecular formula is C17H20FNO2. The average Bonchev–Trinajstić information content (AvgIpc) is 2.56. The van der Waals surface area contributed by atoms with Crippen LogP contribution in [0.2, 0.25) is 0 Å². The van der Waals surface area contributed by atoms with E-state index in [9.17, 15) is 4.39 Å². The molecule has 0 saturated carbocycles. The van der Waals surface area contributed by atoms with Crippen LogP contribution in [0.3, 0.4) is 0 Å². The van der Waals surface area contributed by atoms with Gasteiger partial charge in [0.2, 0.25) is 0 Å². The average molecular weight is 289 g/mol. The Morgan fingerprint density at radius 2 is 1.95 bits per heavy atom. The summed E-state index contributed by atoms with van der Waals surface area (Å²) in [6.07, 6.45) is 2.03. The van der Waals surface area contributed by atoms with Crippen molar-refractivity contribution in [3.8, 4) is 22.6 Å². The maximum atomic E-state index is 13.5. The van der Waals surface area contributed by atoms with Gasteiger partial charge in [-0.3, -0.25) is 0 Å². The fraction of sp³-hybridized carbons (Fsp3) is 0.294. The van der Waals surface area contributed by atoms with Gasteiger partial charge >= 0.3 is 0 Å². The lowest BCUT2D eigenvalue weighted by molar-refractivity contribution is 0.289. The van der Waals surface area contributed by atoms with Crippen molar-refractivity contribution in [3.63, 3.8) is 0 Å². The van der Waals surface area contributed by atoms with Crippen molar-refractivity contribution < 1.29 is 13.9 Å². The molecule has 0 atom stereocenters. The Balaban J connectivity index is 0.000000774. The fourth-order valence-electron chi connectivity index (χ4n) is 2.49. The first-order valence-corrected chi connectivity index (χ1v) is 6.96. The smallest absolute Gasteiger partial charge is 0.130 e. The molecular weight excluding hydrogens is 269 g/mol. The number of fused-ring (bicyclic) bond motifs is 1. The van der Waals surface area contributed by atoms with Crippen molar-refractivity contribution in [2.24, 2.45) is 5.73 Å². The van der Waals surface area contributed by atoms with E-state index in [0.29, 0.717) is 12.4 Å². The molecule has 1 heterocycles. The zero-order valence-corrected chi connectivity index (χ0v) is 12.4. The zero-order valence-electron chi connectivity index (χ0n) is 12.4. The second-order valence-electron chi connectivity index (χ2n) is 4.59. The minimum Gasteiger partial charge on any atom is -0.496 e. The van der Waals surface area contributed by atoms with Gasteiger partial charge in [0, 0.05) is 11.1 Å². The minimum absolute atomic E-state index is 0.274. The lowest BCUT2D eigenvalue weighted by Gasteiger charge is -2.21. The highest BCUT2D eigenvalue weighted by atomic mass is 19.1. The van der Waals surface area contributed by atoms with Crippen LogP contribution >= 0.6 is 0 Å². The number of aryl methyl sites for hydroxylation is 1. The molecule has 4 heteroatoms. The van der Waals surface area contributed by atoms with Gasteiger partial charge in [0.1, 0.15) is 17.3 Å². The van der Waals surface area contributed by atoms with E-state index in [1.807, 2.05) is 12.1 Å². The van der Waals surface area contributed by atoms with Crippen LogP contribution in [-0.2, 0) is 6.42 Å². The van der Waals surface area contributed by atoms with Gasteiger partial charge in [0.05, 0.1) is 13.7 Å². The Morgan fingerprint density at radius 1 is 1.14 bits per heavy atom. The molecule has 0 saturated heterocycles. The van der Waals surface area contributed by atoms with Gasteiger partial charge in [-0.05, 0) is 43.7 Å². The van der Waals surface area contributed by atoms with Gasteiger partial charge in [-0.2, -0.15) is 0 Å². The molecule has 0 aliphatic carbocycles. The van der Waals surface area contributed by atoms with E-state index in [1.54, 1.807) is 13.2 Å². The Hall–Kier alpha value is -2.07. The van der Waals surface area contributed by atoms with Crippen LogP contribution in [0.15, 0.2) is 36.4 Å². The molecule has 0 bridgehead atoms. The summed E-state index contributed by atoms with van der Waals surface area (Å²) < 4.78 is 24.6. The normalized spacial score (nSPS) is 12.6. The molecule has 2 aromatic rings. The van der Waals surface area contributed by atoms with Crippen molar-refractivity contribution in [3.05, 3.63) is 47.8 Å². The summed E-state index contributed by atoms with van der Waals surface area (Å²) in [7, 11) is 3.09. The van der Waals surface area contributed by atoms with Gasteiger partial charge < -0.3 is 15.2 Å². The second-order valence-corrected chi connectivity index (χ2v) is 4.59. The monoisotopic (exact) mass is 289 g/mol. The highest BCUT2D eigenvalue weighted by molar-refractivity contribution is 5.77. The molecule has 2 N–H and O–H groups in total. The van der Waals surface area contributed by atoms with E-state index in [4.69, 9.17) is 9.47 Å². The lowest BCUT2D eigenvalue weighted by atomic mass is 9.97. The molecule has 21 heavy (non-hydrogen) atoms. The summed E-state index contributed by atoms with van der Waals surface area (Å²) in [6, 6.07) is 10.5. The Morgan fingerprint density at radius 3 is 2.71 bits per heavy atom. The summed E-state index contributed by atoms with van der Waals surface area (Å²) >= 11 is 0. The predicted octanol–water partition coefficient (Wildman–Crippen LogP) is 3.40. The summed E-state index contributed by atoms with van der Waals surface area (Å²) in [6.45, 7) is 0.710. The largest absolute Gasteiger partial charge is 0.496 e. The molecule has 0 radical (unpaired) electrons. The topological polar surface area (TPSA) is 44.5 Å². The molecule has 2 aromatic carbocycles. The summed E-state index contributed by atoms with van der Waals surface area (Å²) in [4.78, 5) is 0. The summed E-state index contributed by atoms with van der Waals surface area (Å²) in [5, 5.41) is 0. The van der Waals surface area contributed by atoms with Crippen molar-refractivity contribution in [1.29, 1.82) is 0 Å². The lowest BCUT2D eigenvalue weighted by Crippen LogP contribution is -2.09. The van der Waals surface area contributed by atoms with E-state index in [2.05, 4.69) is 11.8 Å². The number of rotatable bonds is 2. The third-order valence-corrected chi connectivity index (χ3v) is 3.39. The number of hydrogen-bond acceptors (Lipinski definition) is 3. The number of para-hydroxylation sites is 1. The fourth-order valence-corrected chi connectivity index (χ4v) is 2.49. The predicted molar refractivity (Wildman–Crippen MR) is 82.3 cm³/mol. The van der Waals surface area contributed by atoms with Gasteiger partial charge in [-0.1, -0.05) is 18.2 Å². The van der Waals surface area contributed by atoms with Gasteiger partial charge in [0.15, 0.2) is 0 Å². The number of ether oxygens (including phenoxy) is 2. The van der Waals surface area contributed by atoms with E-state index >= 15 is 0 Å². The molecule has 112 valence electrons. The van der Waals surface area contributed by atoms with Gasteiger partial charge in [-0.15, -0.1) is 0 Å². The maximum absolute atomic E-state index is 13.5. The molecule has 1 aliphatic rings. The first kappa shape index (κ1) is 15.3. The van der Waals surface area contributed by atoms with E-state index in [1.165, 1.54) is 24.7 Å². The van der Waals surface area contributed by atoms with Crippen LogP contribution < -0.4 is 15.2 Å². The summed E-state index contributed by atoms with van der Waals surface area (Å²) in [5.74, 6) is 1.24. The van der Waals surface area contributed by atoms with Crippen LogP contribution in [0.25, 0.3) is 11.1 Å². The van der Waals surface area contributed by atoms with Crippen molar-refractivity contribution in [2.45, 2.75) is 12.8 Å². The molecule has 3 rings (SSSR count). The first-order valence-electron chi connectivity index (χ1n) is 6.96. The van der Waals surface area contributed by atoms with Crippen LogP contribution in [0.1, 0.15) is 12.0 Å². The van der Waals surface area contributed by atoms with Crippen LogP contribution in [0.4, 0.5) is 4.39 Å². The SMILES string of the molecule is CN.COc1ccc(F)cc1-c1cccc2c1OCCC2. The molecule has 3 nitrogen and oxygen atoms in total. The highest BCUT2D eigenvalue weighted by Crippen LogP contribution is 2.40. The number of benzene rings is 2. The third kappa shape index (κ3) is 3.16. The molecule has 0 fully saturated rings. The third-order valence-electron chi connectivity index (χ3n) is 3.39.